The van der Waals surface area contributed by atoms with E-state index in [2.05, 4.69) is 145 Å². The summed E-state index contributed by atoms with van der Waals surface area (Å²) >= 11 is 0. The molecule has 0 N–H and O–H groups in total. The van der Waals surface area contributed by atoms with Crippen molar-refractivity contribution in [2.45, 2.75) is 0 Å². The molecule has 0 heteroatoms. The van der Waals surface area contributed by atoms with Crippen LogP contribution in [0.1, 0.15) is 22.3 Å². The molecule has 0 radical (unpaired) electrons. The highest BCUT2D eigenvalue weighted by Gasteiger charge is 2.38. The Morgan fingerprint density at radius 1 is 0.324 bits per heavy atom. The summed E-state index contributed by atoms with van der Waals surface area (Å²) in [4.78, 5) is 0. The standard InChI is InChI=1S/C34H22/c1-5-15-25(16-6-1)31-29(32(31)26-17-7-2-8-18-26)23-13-14-24-30-33(27-19-9-3-10-20-27)34(30)28-21-11-4-12-22-28/h1-12,15-22,29-30H. The van der Waals surface area contributed by atoms with Gasteiger partial charge in [-0.2, -0.15) is 0 Å². The first-order valence-corrected chi connectivity index (χ1v) is 11.6. The molecule has 2 aliphatic carbocycles. The van der Waals surface area contributed by atoms with E-state index in [1.807, 2.05) is 0 Å². The van der Waals surface area contributed by atoms with Crippen molar-refractivity contribution in [1.29, 1.82) is 0 Å². The first-order valence-electron chi connectivity index (χ1n) is 11.6. The van der Waals surface area contributed by atoms with E-state index in [9.17, 15) is 0 Å². The topological polar surface area (TPSA) is 0 Å². The van der Waals surface area contributed by atoms with Crippen molar-refractivity contribution in [3.05, 3.63) is 144 Å². The lowest BCUT2D eigenvalue weighted by Gasteiger charge is -1.93. The van der Waals surface area contributed by atoms with Crippen molar-refractivity contribution in [3.8, 4) is 23.7 Å². The van der Waals surface area contributed by atoms with Crippen LogP contribution in [0, 0.1) is 35.5 Å². The molecule has 0 unspecified atom stereocenters. The second-order valence-corrected chi connectivity index (χ2v) is 8.52. The van der Waals surface area contributed by atoms with Crippen LogP contribution in [0.3, 0.4) is 0 Å². The lowest BCUT2D eigenvalue weighted by Crippen LogP contribution is -1.81. The van der Waals surface area contributed by atoms with Crippen molar-refractivity contribution in [2.75, 3.05) is 0 Å². The molecule has 4 aromatic rings. The summed E-state index contributed by atoms with van der Waals surface area (Å²) in [6.07, 6.45) is 0. The summed E-state index contributed by atoms with van der Waals surface area (Å²) in [7, 11) is 0. The van der Waals surface area contributed by atoms with Gasteiger partial charge in [0.05, 0.1) is 11.8 Å². The zero-order valence-electron chi connectivity index (χ0n) is 18.7. The molecule has 2 aliphatic rings. The normalized spacial score (nSPS) is 14.7. The molecule has 158 valence electrons. The van der Waals surface area contributed by atoms with Crippen LogP contribution in [-0.2, 0) is 0 Å². The lowest BCUT2D eigenvalue weighted by molar-refractivity contribution is 1.33. The monoisotopic (exact) mass is 430 g/mol. The summed E-state index contributed by atoms with van der Waals surface area (Å²) in [6, 6.07) is 42.2. The average molecular weight is 431 g/mol. The molecule has 0 aliphatic heterocycles. The molecule has 0 saturated carbocycles. The molecular formula is C34H22. The van der Waals surface area contributed by atoms with E-state index in [1.54, 1.807) is 0 Å². The van der Waals surface area contributed by atoms with Gasteiger partial charge in [0, 0.05) is 0 Å². The van der Waals surface area contributed by atoms with Gasteiger partial charge in [-0.25, -0.2) is 0 Å². The minimum Gasteiger partial charge on any atom is -0.0760 e. The van der Waals surface area contributed by atoms with Crippen LogP contribution in [0.25, 0.3) is 22.3 Å². The van der Waals surface area contributed by atoms with Crippen molar-refractivity contribution in [2.24, 2.45) is 11.8 Å². The summed E-state index contributed by atoms with van der Waals surface area (Å²) in [5.41, 5.74) is 10.3. The molecule has 4 aromatic carbocycles. The van der Waals surface area contributed by atoms with E-state index in [0.29, 0.717) is 0 Å². The lowest BCUT2D eigenvalue weighted by atomic mass is 10.1. The first kappa shape index (κ1) is 20.1. The van der Waals surface area contributed by atoms with Gasteiger partial charge < -0.3 is 0 Å². The molecule has 0 nitrogen and oxygen atoms in total. The van der Waals surface area contributed by atoms with Crippen molar-refractivity contribution in [3.63, 3.8) is 0 Å². The highest BCUT2D eigenvalue weighted by Crippen LogP contribution is 2.53. The maximum Gasteiger partial charge on any atom is 0.0730 e. The maximum atomic E-state index is 3.43. The molecular weight excluding hydrogens is 408 g/mol. The Kier molecular flexibility index (Phi) is 5.20. The van der Waals surface area contributed by atoms with Crippen LogP contribution in [0.4, 0.5) is 0 Å². The van der Waals surface area contributed by atoms with Crippen LogP contribution in [0.15, 0.2) is 121 Å². The number of hydrogen-bond donors (Lipinski definition) is 0. The van der Waals surface area contributed by atoms with E-state index in [0.717, 1.165) is 0 Å². The molecule has 0 bridgehead atoms. The van der Waals surface area contributed by atoms with Gasteiger partial charge in [0.15, 0.2) is 0 Å². The summed E-state index contributed by atoms with van der Waals surface area (Å²) in [6.45, 7) is 0. The summed E-state index contributed by atoms with van der Waals surface area (Å²) in [5, 5.41) is 0. The number of benzene rings is 4. The van der Waals surface area contributed by atoms with Gasteiger partial charge in [-0.3, -0.25) is 0 Å². The van der Waals surface area contributed by atoms with Gasteiger partial charge in [-0.1, -0.05) is 133 Å². The molecule has 0 aromatic heterocycles. The smallest absolute Gasteiger partial charge is 0.0730 e. The van der Waals surface area contributed by atoms with Gasteiger partial charge in [-0.05, 0) is 56.4 Å². The number of allylic oxidation sites excluding steroid dienone is 4. The third-order valence-electron chi connectivity index (χ3n) is 6.40. The van der Waals surface area contributed by atoms with E-state index in [4.69, 9.17) is 0 Å². The zero-order valence-corrected chi connectivity index (χ0v) is 18.7. The number of rotatable bonds is 4. The molecule has 0 atom stereocenters. The summed E-state index contributed by atoms with van der Waals surface area (Å²) < 4.78 is 0. The van der Waals surface area contributed by atoms with E-state index in [-0.39, 0.29) is 11.8 Å². The van der Waals surface area contributed by atoms with Crippen LogP contribution in [-0.4, -0.2) is 0 Å². The van der Waals surface area contributed by atoms with Crippen LogP contribution in [0.2, 0.25) is 0 Å². The van der Waals surface area contributed by atoms with Crippen molar-refractivity contribution < 1.29 is 0 Å². The Bertz CT molecular complexity index is 1300. The summed E-state index contributed by atoms with van der Waals surface area (Å²) in [5.74, 6) is 13.5. The minimum absolute atomic E-state index is 0.147. The van der Waals surface area contributed by atoms with E-state index in [1.165, 1.54) is 44.5 Å². The largest absolute Gasteiger partial charge is 0.0760 e. The second kappa shape index (κ2) is 8.78. The second-order valence-electron chi connectivity index (χ2n) is 8.52. The predicted molar refractivity (Wildman–Crippen MR) is 142 cm³/mol. The fourth-order valence-electron chi connectivity index (χ4n) is 4.71. The average Bonchev–Trinajstić information content (AvgIpc) is 3.82. The van der Waals surface area contributed by atoms with Gasteiger partial charge in [0.2, 0.25) is 0 Å². The quantitative estimate of drug-likeness (QED) is 0.295. The zero-order chi connectivity index (χ0) is 22.7. The van der Waals surface area contributed by atoms with Crippen molar-refractivity contribution in [1.82, 2.24) is 0 Å². The Morgan fingerprint density at radius 3 is 0.794 bits per heavy atom. The molecule has 0 heterocycles. The van der Waals surface area contributed by atoms with Gasteiger partial charge in [-0.15, -0.1) is 0 Å². The molecule has 0 saturated heterocycles. The maximum absolute atomic E-state index is 3.43. The predicted octanol–water partition coefficient (Wildman–Crippen LogP) is 7.47. The van der Waals surface area contributed by atoms with Gasteiger partial charge in [0.25, 0.3) is 0 Å². The highest BCUT2D eigenvalue weighted by atomic mass is 14.4. The van der Waals surface area contributed by atoms with E-state index < -0.39 is 0 Å². The first-order chi connectivity index (χ1) is 16.9. The van der Waals surface area contributed by atoms with E-state index >= 15 is 0 Å². The Labute approximate surface area is 201 Å². The SMILES string of the molecule is C(C#CC1C(c2ccccc2)=C1c1ccccc1)#CC1C(c2ccccc2)=C1c1ccccc1. The molecule has 34 heavy (non-hydrogen) atoms. The third-order valence-corrected chi connectivity index (χ3v) is 6.40. The highest BCUT2D eigenvalue weighted by molar-refractivity contribution is 6.14. The van der Waals surface area contributed by atoms with Gasteiger partial charge in [0.1, 0.15) is 0 Å². The molecule has 0 amide bonds. The molecule has 0 fully saturated rings. The molecule has 0 spiro atoms. The number of hydrogen-bond acceptors (Lipinski definition) is 0. The minimum atomic E-state index is 0.147. The fourth-order valence-corrected chi connectivity index (χ4v) is 4.71. The van der Waals surface area contributed by atoms with Crippen LogP contribution in [0.5, 0.6) is 0 Å². The third kappa shape index (κ3) is 3.88. The Hall–Kier alpha value is -4.52. The fraction of sp³-hybridized carbons (Fsp3) is 0.0588. The van der Waals surface area contributed by atoms with Crippen LogP contribution < -0.4 is 0 Å². The Balaban J connectivity index is 1.26. The van der Waals surface area contributed by atoms with Gasteiger partial charge >= 0.3 is 0 Å². The van der Waals surface area contributed by atoms with Crippen LogP contribution >= 0.6 is 0 Å². The Morgan fingerprint density at radius 2 is 0.559 bits per heavy atom. The molecule has 6 rings (SSSR count). The van der Waals surface area contributed by atoms with Crippen molar-refractivity contribution >= 4 is 22.3 Å².